The first-order chi connectivity index (χ1) is 12.1. The third kappa shape index (κ3) is 2.89. The van der Waals surface area contributed by atoms with Crippen LogP contribution in [0.3, 0.4) is 0 Å². The smallest absolute Gasteiger partial charge is 0.276 e. The van der Waals surface area contributed by atoms with Crippen molar-refractivity contribution >= 4 is 5.78 Å². The summed E-state index contributed by atoms with van der Waals surface area (Å²) in [6.45, 7) is 2.10. The lowest BCUT2D eigenvalue weighted by molar-refractivity contribution is 0.274. The molecule has 0 radical (unpaired) electrons. The van der Waals surface area contributed by atoms with E-state index in [1.54, 1.807) is 11.7 Å². The van der Waals surface area contributed by atoms with E-state index >= 15 is 0 Å². The second kappa shape index (κ2) is 5.90. The van der Waals surface area contributed by atoms with Gasteiger partial charge in [0.05, 0.1) is 11.4 Å². The fourth-order valence-electron chi connectivity index (χ4n) is 2.60. The number of nitrogens with zero attached hydrogens (tertiary/aromatic N) is 5. The van der Waals surface area contributed by atoms with Crippen LogP contribution in [0.5, 0.6) is 5.88 Å². The summed E-state index contributed by atoms with van der Waals surface area (Å²) in [6, 6.07) is 12.8. The number of H-pyrrole nitrogens is 1. The largest absolute Gasteiger partial charge is 0.471 e. The van der Waals surface area contributed by atoms with Crippen molar-refractivity contribution in [2.24, 2.45) is 7.05 Å². The summed E-state index contributed by atoms with van der Waals surface area (Å²) >= 11 is 0. The highest BCUT2D eigenvalue weighted by atomic mass is 16.5. The molecule has 0 aliphatic heterocycles. The van der Waals surface area contributed by atoms with Crippen molar-refractivity contribution in [3.05, 3.63) is 64.2 Å². The Balaban J connectivity index is 1.65. The van der Waals surface area contributed by atoms with E-state index < -0.39 is 0 Å². The Hall–Kier alpha value is -3.42. The maximum Gasteiger partial charge on any atom is 0.276 e. The molecule has 8 nitrogen and oxygen atoms in total. The van der Waals surface area contributed by atoms with E-state index in [1.807, 2.05) is 43.3 Å². The van der Waals surface area contributed by atoms with Gasteiger partial charge in [-0.25, -0.2) is 4.68 Å². The maximum absolute atomic E-state index is 12.3. The Kier molecular flexibility index (Phi) is 3.57. The van der Waals surface area contributed by atoms with Crippen molar-refractivity contribution in [1.29, 1.82) is 0 Å². The van der Waals surface area contributed by atoms with Gasteiger partial charge < -0.3 is 9.72 Å². The molecule has 0 saturated carbocycles. The van der Waals surface area contributed by atoms with Crippen LogP contribution in [-0.4, -0.2) is 29.4 Å². The molecule has 1 N–H and O–H groups in total. The Bertz CT molecular complexity index is 1090. The summed E-state index contributed by atoms with van der Waals surface area (Å²) in [6.07, 6.45) is 0. The summed E-state index contributed by atoms with van der Waals surface area (Å²) in [7, 11) is 1.80. The summed E-state index contributed by atoms with van der Waals surface area (Å²) in [5.74, 6) is 1.50. The molecule has 0 aliphatic carbocycles. The first-order valence-corrected chi connectivity index (χ1v) is 7.78. The van der Waals surface area contributed by atoms with Gasteiger partial charge in [-0.05, 0) is 6.92 Å². The van der Waals surface area contributed by atoms with Crippen LogP contribution >= 0.6 is 0 Å². The van der Waals surface area contributed by atoms with Crippen molar-refractivity contribution in [1.82, 2.24) is 29.4 Å². The van der Waals surface area contributed by atoms with Gasteiger partial charge in [-0.15, -0.1) is 5.10 Å². The van der Waals surface area contributed by atoms with Crippen LogP contribution in [0.1, 0.15) is 11.4 Å². The number of hydrogen-bond acceptors (Lipinski definition) is 5. The molecule has 8 heteroatoms. The topological polar surface area (TPSA) is 90.1 Å². The molecule has 4 rings (SSSR count). The monoisotopic (exact) mass is 336 g/mol. The Morgan fingerprint density at radius 3 is 2.68 bits per heavy atom. The van der Waals surface area contributed by atoms with Gasteiger partial charge in [0.25, 0.3) is 5.56 Å². The quantitative estimate of drug-likeness (QED) is 0.613. The minimum Gasteiger partial charge on any atom is -0.471 e. The Morgan fingerprint density at radius 2 is 1.96 bits per heavy atom. The van der Waals surface area contributed by atoms with Gasteiger partial charge in [0.2, 0.25) is 11.7 Å². The van der Waals surface area contributed by atoms with Crippen LogP contribution in [-0.2, 0) is 13.7 Å². The van der Waals surface area contributed by atoms with Crippen molar-refractivity contribution < 1.29 is 4.74 Å². The number of ether oxygens (including phenoxy) is 1. The molecule has 3 heterocycles. The minimum absolute atomic E-state index is 0.207. The number of benzene rings is 1. The zero-order chi connectivity index (χ0) is 17.4. The number of aromatic nitrogens is 6. The molecule has 0 unspecified atom stereocenters. The normalized spacial score (nSPS) is 11.1. The fraction of sp³-hybridized carbons (Fsp3) is 0.176. The molecule has 4 aromatic rings. The average molecular weight is 336 g/mol. The summed E-state index contributed by atoms with van der Waals surface area (Å²) < 4.78 is 8.61. The van der Waals surface area contributed by atoms with Crippen LogP contribution in [0, 0.1) is 6.92 Å². The molecule has 126 valence electrons. The van der Waals surface area contributed by atoms with E-state index in [0.717, 1.165) is 11.3 Å². The van der Waals surface area contributed by atoms with Crippen molar-refractivity contribution in [3.8, 4) is 17.3 Å². The number of aromatic amines is 1. The SMILES string of the molecule is Cc1cc(OCc2cc(=O)n3nc(-c4ccccc4)nc3[nH]2)n(C)n1. The van der Waals surface area contributed by atoms with Crippen LogP contribution < -0.4 is 10.3 Å². The highest BCUT2D eigenvalue weighted by Gasteiger charge is 2.11. The Morgan fingerprint density at radius 1 is 1.16 bits per heavy atom. The number of rotatable bonds is 4. The van der Waals surface area contributed by atoms with Crippen LogP contribution in [0.15, 0.2) is 47.3 Å². The van der Waals surface area contributed by atoms with Crippen LogP contribution in [0.2, 0.25) is 0 Å². The minimum atomic E-state index is -0.261. The van der Waals surface area contributed by atoms with Gasteiger partial charge in [-0.1, -0.05) is 30.3 Å². The van der Waals surface area contributed by atoms with E-state index in [9.17, 15) is 4.79 Å². The maximum atomic E-state index is 12.3. The van der Waals surface area contributed by atoms with Crippen molar-refractivity contribution in [2.75, 3.05) is 0 Å². The molecular weight excluding hydrogens is 320 g/mol. The molecule has 1 aromatic carbocycles. The third-order valence-electron chi connectivity index (χ3n) is 3.75. The van der Waals surface area contributed by atoms with Gasteiger partial charge in [0.1, 0.15) is 6.61 Å². The van der Waals surface area contributed by atoms with Gasteiger partial charge in [0, 0.05) is 24.7 Å². The first-order valence-electron chi connectivity index (χ1n) is 7.78. The Labute approximate surface area is 142 Å². The van der Waals surface area contributed by atoms with Gasteiger partial charge in [-0.3, -0.25) is 4.79 Å². The highest BCUT2D eigenvalue weighted by Crippen LogP contribution is 2.15. The molecule has 25 heavy (non-hydrogen) atoms. The lowest BCUT2D eigenvalue weighted by Gasteiger charge is -2.05. The molecule has 0 atom stereocenters. The van der Waals surface area contributed by atoms with Gasteiger partial charge >= 0.3 is 0 Å². The third-order valence-corrected chi connectivity index (χ3v) is 3.75. The predicted molar refractivity (Wildman–Crippen MR) is 91.3 cm³/mol. The molecule has 0 fully saturated rings. The second-order valence-corrected chi connectivity index (χ2v) is 5.71. The summed E-state index contributed by atoms with van der Waals surface area (Å²) in [5.41, 5.74) is 2.07. The highest BCUT2D eigenvalue weighted by molar-refractivity contribution is 5.56. The summed E-state index contributed by atoms with van der Waals surface area (Å²) in [5, 5.41) is 8.49. The standard InChI is InChI=1S/C17H16N6O2/c1-11-8-15(22(2)20-11)25-10-13-9-14(24)23-17(18-13)19-16(21-23)12-6-4-3-5-7-12/h3-9H,10H2,1-2H3,(H,18,19,21). The molecule has 0 saturated heterocycles. The predicted octanol–water partition coefficient (Wildman–Crippen LogP) is 1.71. The molecule has 0 aliphatic rings. The van der Waals surface area contributed by atoms with Crippen molar-refractivity contribution in [3.63, 3.8) is 0 Å². The van der Waals surface area contributed by atoms with E-state index in [1.165, 1.54) is 10.6 Å². The fourth-order valence-corrected chi connectivity index (χ4v) is 2.60. The zero-order valence-electron chi connectivity index (χ0n) is 13.8. The summed E-state index contributed by atoms with van der Waals surface area (Å²) in [4.78, 5) is 19.8. The van der Waals surface area contributed by atoms with Gasteiger partial charge in [0.15, 0.2) is 5.82 Å². The molecular formula is C17H16N6O2. The number of nitrogens with one attached hydrogen (secondary N) is 1. The van der Waals surface area contributed by atoms with Crippen molar-refractivity contribution in [2.45, 2.75) is 13.5 Å². The lowest BCUT2D eigenvalue weighted by Crippen LogP contribution is -2.16. The number of aryl methyl sites for hydroxylation is 2. The van der Waals surface area contributed by atoms with E-state index in [0.29, 0.717) is 23.2 Å². The zero-order valence-corrected chi connectivity index (χ0v) is 13.8. The average Bonchev–Trinajstić information content (AvgIpc) is 3.17. The number of hydrogen-bond donors (Lipinski definition) is 1. The number of fused-ring (bicyclic) bond motifs is 1. The molecule has 3 aromatic heterocycles. The molecule has 0 bridgehead atoms. The first kappa shape index (κ1) is 15.1. The van der Waals surface area contributed by atoms with E-state index in [4.69, 9.17) is 4.74 Å². The lowest BCUT2D eigenvalue weighted by atomic mass is 10.2. The van der Waals surface area contributed by atoms with Gasteiger partial charge in [-0.2, -0.15) is 14.6 Å². The molecule has 0 spiro atoms. The van der Waals surface area contributed by atoms with E-state index in [-0.39, 0.29) is 12.2 Å². The van der Waals surface area contributed by atoms with Crippen LogP contribution in [0.25, 0.3) is 17.2 Å². The van der Waals surface area contributed by atoms with E-state index in [2.05, 4.69) is 20.2 Å². The van der Waals surface area contributed by atoms with Crippen LogP contribution in [0.4, 0.5) is 0 Å². The second-order valence-electron chi connectivity index (χ2n) is 5.71. The molecule has 0 amide bonds.